The van der Waals surface area contributed by atoms with Gasteiger partial charge in [-0.1, -0.05) is 0 Å². The zero-order valence-electron chi connectivity index (χ0n) is 10.5. The van der Waals surface area contributed by atoms with Gasteiger partial charge < -0.3 is 11.1 Å². The maximum absolute atomic E-state index is 11.7. The molecule has 0 unspecified atom stereocenters. The number of nitrogens with zero attached hydrogens (tertiary/aromatic N) is 2. The second-order valence-electron chi connectivity index (χ2n) is 3.93. The Morgan fingerprint density at radius 2 is 1.75 bits per heavy atom. The summed E-state index contributed by atoms with van der Waals surface area (Å²) in [6, 6.07) is 8.05. The molecule has 1 aromatic heterocycles. The third kappa shape index (κ3) is 3.77. The number of hydrogen-bond donors (Lipinski definition) is 3. The minimum Gasteiger partial charge on any atom is -0.399 e. The van der Waals surface area contributed by atoms with Crippen LogP contribution in [0.1, 0.15) is 10.4 Å². The van der Waals surface area contributed by atoms with E-state index in [1.165, 1.54) is 12.4 Å². The summed E-state index contributed by atoms with van der Waals surface area (Å²) in [4.78, 5) is 31.0. The van der Waals surface area contributed by atoms with Gasteiger partial charge in [0.15, 0.2) is 0 Å². The quantitative estimate of drug-likeness (QED) is 0.698. The average molecular weight is 271 g/mol. The highest BCUT2D eigenvalue weighted by atomic mass is 16.2. The summed E-state index contributed by atoms with van der Waals surface area (Å²) in [5.41, 5.74) is 6.53. The van der Waals surface area contributed by atoms with E-state index in [9.17, 15) is 9.59 Å². The predicted molar refractivity (Wildman–Crippen MR) is 73.8 cm³/mol. The summed E-state index contributed by atoms with van der Waals surface area (Å²) in [6.45, 7) is -0.165. The van der Waals surface area contributed by atoms with Crippen molar-refractivity contribution >= 4 is 23.5 Å². The molecule has 1 heterocycles. The lowest BCUT2D eigenvalue weighted by molar-refractivity contribution is -0.115. The van der Waals surface area contributed by atoms with Crippen molar-refractivity contribution in [3.8, 4) is 0 Å². The molecule has 1 aromatic carbocycles. The normalized spacial score (nSPS) is 9.80. The number of anilines is 2. The number of nitrogens with one attached hydrogen (secondary N) is 2. The molecule has 0 radical (unpaired) electrons. The van der Waals surface area contributed by atoms with Crippen LogP contribution >= 0.6 is 0 Å². The Hall–Kier alpha value is -2.96. The highest BCUT2D eigenvalue weighted by Crippen LogP contribution is 2.04. The zero-order valence-corrected chi connectivity index (χ0v) is 10.5. The Morgan fingerprint density at radius 1 is 1.10 bits per heavy atom. The molecule has 2 rings (SSSR count). The second kappa shape index (κ2) is 6.28. The van der Waals surface area contributed by atoms with Crippen LogP contribution in [0.3, 0.4) is 0 Å². The summed E-state index contributed by atoms with van der Waals surface area (Å²) in [6.07, 6.45) is 3.02. The summed E-state index contributed by atoms with van der Waals surface area (Å²) in [7, 11) is 0. The van der Waals surface area contributed by atoms with Crippen molar-refractivity contribution in [3.05, 3.63) is 48.3 Å². The number of carbonyl (C=O) groups is 2. The highest BCUT2D eigenvalue weighted by Gasteiger charge is 2.08. The minimum atomic E-state index is -0.403. The van der Waals surface area contributed by atoms with Crippen LogP contribution < -0.4 is 16.4 Å². The third-order valence-corrected chi connectivity index (χ3v) is 2.40. The van der Waals surface area contributed by atoms with Crippen LogP contribution in [0.2, 0.25) is 0 Å². The van der Waals surface area contributed by atoms with Gasteiger partial charge in [-0.2, -0.15) is 0 Å². The topological polar surface area (TPSA) is 110 Å². The van der Waals surface area contributed by atoms with Gasteiger partial charge >= 0.3 is 0 Å². The highest BCUT2D eigenvalue weighted by molar-refractivity contribution is 5.98. The molecule has 7 heteroatoms. The first-order valence-electron chi connectivity index (χ1n) is 5.86. The summed E-state index contributed by atoms with van der Waals surface area (Å²) in [5.74, 6) is -0.562. The van der Waals surface area contributed by atoms with Crippen LogP contribution in [0.4, 0.5) is 11.6 Å². The Kier molecular flexibility index (Phi) is 4.23. The molecule has 4 N–H and O–H groups in total. The maximum Gasteiger partial charge on any atom is 0.251 e. The number of rotatable bonds is 4. The van der Waals surface area contributed by atoms with Crippen LogP contribution in [-0.4, -0.2) is 28.3 Å². The molecule has 0 aliphatic heterocycles. The largest absolute Gasteiger partial charge is 0.399 e. The Bertz CT molecular complexity index is 598. The number of nitrogens with two attached hydrogens (primary N) is 1. The number of amides is 2. The van der Waals surface area contributed by atoms with Gasteiger partial charge in [0, 0.05) is 23.6 Å². The van der Waals surface area contributed by atoms with Crippen molar-refractivity contribution in [2.45, 2.75) is 0 Å². The lowest BCUT2D eigenvalue weighted by Crippen LogP contribution is -2.33. The number of aromatic nitrogens is 2. The number of carbonyl (C=O) groups excluding carboxylic acids is 2. The first-order valence-corrected chi connectivity index (χ1v) is 5.86. The molecule has 0 spiro atoms. The predicted octanol–water partition coefficient (Wildman–Crippen LogP) is 0.427. The molecule has 0 saturated heterocycles. The molecular formula is C13H13N5O2. The Labute approximate surface area is 115 Å². The second-order valence-corrected chi connectivity index (χ2v) is 3.93. The fourth-order valence-corrected chi connectivity index (χ4v) is 1.43. The standard InChI is InChI=1S/C13H13N5O2/c14-10-4-2-9(3-5-10)12(20)17-8-11(19)18-13-15-6-1-7-16-13/h1-7H,8,14H2,(H,17,20)(H,15,16,18,19). The summed E-state index contributed by atoms with van der Waals surface area (Å²) in [5, 5.41) is 4.95. The zero-order chi connectivity index (χ0) is 14.4. The van der Waals surface area contributed by atoms with E-state index in [4.69, 9.17) is 5.73 Å². The van der Waals surface area contributed by atoms with Crippen molar-refractivity contribution in [1.29, 1.82) is 0 Å². The van der Waals surface area contributed by atoms with Gasteiger partial charge in [0.1, 0.15) is 0 Å². The number of hydrogen-bond acceptors (Lipinski definition) is 5. The molecule has 0 aliphatic rings. The SMILES string of the molecule is Nc1ccc(C(=O)NCC(=O)Nc2ncccn2)cc1. The molecule has 0 fully saturated rings. The lowest BCUT2D eigenvalue weighted by Gasteiger charge is -2.05. The van der Waals surface area contributed by atoms with Gasteiger partial charge in [-0.05, 0) is 30.3 Å². The molecular weight excluding hydrogens is 258 g/mol. The Balaban J connectivity index is 1.84. The molecule has 0 bridgehead atoms. The van der Waals surface area contributed by atoms with E-state index in [0.29, 0.717) is 11.3 Å². The maximum atomic E-state index is 11.7. The van der Waals surface area contributed by atoms with E-state index in [1.54, 1.807) is 30.3 Å². The van der Waals surface area contributed by atoms with Crippen LogP contribution in [0.15, 0.2) is 42.7 Å². The lowest BCUT2D eigenvalue weighted by atomic mass is 10.2. The summed E-state index contributed by atoms with van der Waals surface area (Å²) >= 11 is 0. The van der Waals surface area contributed by atoms with Crippen molar-refractivity contribution < 1.29 is 9.59 Å². The summed E-state index contributed by atoms with van der Waals surface area (Å²) < 4.78 is 0. The van der Waals surface area contributed by atoms with E-state index in [-0.39, 0.29) is 18.4 Å². The molecule has 2 aromatic rings. The molecule has 2 amide bonds. The Morgan fingerprint density at radius 3 is 2.40 bits per heavy atom. The van der Waals surface area contributed by atoms with Gasteiger partial charge in [0.05, 0.1) is 6.54 Å². The van der Waals surface area contributed by atoms with Gasteiger partial charge in [0.2, 0.25) is 11.9 Å². The van der Waals surface area contributed by atoms with Crippen molar-refractivity contribution in [2.75, 3.05) is 17.6 Å². The van der Waals surface area contributed by atoms with Gasteiger partial charge in [-0.3, -0.25) is 14.9 Å². The first kappa shape index (κ1) is 13.5. The third-order valence-electron chi connectivity index (χ3n) is 2.40. The molecule has 102 valence electrons. The van der Waals surface area contributed by atoms with Crippen molar-refractivity contribution in [1.82, 2.24) is 15.3 Å². The van der Waals surface area contributed by atoms with Gasteiger partial charge in [-0.15, -0.1) is 0 Å². The molecule has 0 atom stereocenters. The molecule has 7 nitrogen and oxygen atoms in total. The van der Waals surface area contributed by atoms with E-state index in [1.807, 2.05) is 0 Å². The molecule has 0 saturated carbocycles. The fraction of sp³-hybridized carbons (Fsp3) is 0.0769. The minimum absolute atomic E-state index is 0.165. The van der Waals surface area contributed by atoms with Crippen molar-refractivity contribution in [3.63, 3.8) is 0 Å². The molecule has 20 heavy (non-hydrogen) atoms. The van der Waals surface area contributed by atoms with Crippen LogP contribution in [0, 0.1) is 0 Å². The van der Waals surface area contributed by atoms with E-state index >= 15 is 0 Å². The van der Waals surface area contributed by atoms with E-state index in [0.717, 1.165) is 0 Å². The van der Waals surface area contributed by atoms with E-state index < -0.39 is 5.91 Å². The van der Waals surface area contributed by atoms with E-state index in [2.05, 4.69) is 20.6 Å². The monoisotopic (exact) mass is 271 g/mol. The van der Waals surface area contributed by atoms with Crippen LogP contribution in [0.25, 0.3) is 0 Å². The van der Waals surface area contributed by atoms with Crippen molar-refractivity contribution in [2.24, 2.45) is 0 Å². The fourth-order valence-electron chi connectivity index (χ4n) is 1.43. The van der Waals surface area contributed by atoms with Crippen LogP contribution in [-0.2, 0) is 4.79 Å². The van der Waals surface area contributed by atoms with Gasteiger partial charge in [-0.25, -0.2) is 9.97 Å². The smallest absolute Gasteiger partial charge is 0.251 e. The average Bonchev–Trinajstić information content (AvgIpc) is 2.46. The van der Waals surface area contributed by atoms with Crippen LogP contribution in [0.5, 0.6) is 0 Å². The number of nitrogen functional groups attached to an aromatic ring is 1. The number of benzene rings is 1. The first-order chi connectivity index (χ1) is 9.65. The van der Waals surface area contributed by atoms with Gasteiger partial charge in [0.25, 0.3) is 5.91 Å². The molecule has 0 aliphatic carbocycles.